The van der Waals surface area contributed by atoms with E-state index in [0.717, 1.165) is 22.4 Å². The molecule has 23 heavy (non-hydrogen) atoms. The van der Waals surface area contributed by atoms with E-state index in [0.29, 0.717) is 0 Å². The fourth-order valence-corrected chi connectivity index (χ4v) is 3.20. The van der Waals surface area contributed by atoms with Crippen molar-refractivity contribution in [3.63, 3.8) is 0 Å². The molecule has 2 heteroatoms. The van der Waals surface area contributed by atoms with Crippen LogP contribution in [0.25, 0.3) is 0 Å². The van der Waals surface area contributed by atoms with Gasteiger partial charge in [0.25, 0.3) is 0 Å². The highest BCUT2D eigenvalue weighted by atomic mass is 35.5. The van der Waals surface area contributed by atoms with E-state index in [2.05, 4.69) is 53.4 Å². The Balaban J connectivity index is 2.16. The van der Waals surface area contributed by atoms with Crippen molar-refractivity contribution in [2.24, 2.45) is 0 Å². The first-order valence-electron chi connectivity index (χ1n) is 7.70. The summed E-state index contributed by atoms with van der Waals surface area (Å²) in [6.07, 6.45) is 0. The van der Waals surface area contributed by atoms with E-state index in [4.69, 9.17) is 11.6 Å². The molecule has 0 N–H and O–H groups in total. The molecular weight excluding hydrogens is 302 g/mol. The fraction of sp³-hybridized carbons (Fsp3) is 0.143. The number of nitrogens with zero attached hydrogens (tertiary/aromatic N) is 1. The van der Waals surface area contributed by atoms with Gasteiger partial charge in [0, 0.05) is 19.8 Å². The third-order valence-corrected chi connectivity index (χ3v) is 4.78. The number of rotatable bonds is 4. The molecule has 3 aromatic rings. The number of benzene rings is 3. The highest BCUT2D eigenvalue weighted by Gasteiger charge is 2.33. The van der Waals surface area contributed by atoms with Crippen LogP contribution in [-0.4, -0.2) is 14.1 Å². The van der Waals surface area contributed by atoms with Crippen LogP contribution in [0.15, 0.2) is 84.9 Å². The monoisotopic (exact) mass is 321 g/mol. The minimum Gasteiger partial charge on any atom is -0.378 e. The van der Waals surface area contributed by atoms with Gasteiger partial charge in [0.1, 0.15) is 4.87 Å². The largest absolute Gasteiger partial charge is 0.378 e. The van der Waals surface area contributed by atoms with Gasteiger partial charge in [0.05, 0.1) is 0 Å². The van der Waals surface area contributed by atoms with Crippen LogP contribution in [0, 0.1) is 0 Å². The van der Waals surface area contributed by atoms with Gasteiger partial charge in [-0.1, -0.05) is 72.8 Å². The van der Waals surface area contributed by atoms with Gasteiger partial charge < -0.3 is 4.90 Å². The molecule has 0 saturated heterocycles. The Morgan fingerprint density at radius 2 is 1.00 bits per heavy atom. The third-order valence-electron chi connectivity index (χ3n) is 4.12. The van der Waals surface area contributed by atoms with Crippen LogP contribution in [0.5, 0.6) is 0 Å². The second-order valence-electron chi connectivity index (χ2n) is 5.83. The van der Waals surface area contributed by atoms with Crippen LogP contribution in [0.4, 0.5) is 5.69 Å². The predicted octanol–water partition coefficient (Wildman–Crippen LogP) is 5.28. The molecule has 0 aromatic heterocycles. The number of alkyl halides is 1. The first kappa shape index (κ1) is 15.6. The molecule has 0 atom stereocenters. The predicted molar refractivity (Wildman–Crippen MR) is 99.4 cm³/mol. The molecule has 3 aromatic carbocycles. The summed E-state index contributed by atoms with van der Waals surface area (Å²) in [7, 11) is 4.08. The zero-order chi connectivity index (χ0) is 16.3. The SMILES string of the molecule is CN(C)c1ccc(C(Cl)(c2ccccc2)c2ccccc2)cc1. The molecule has 0 spiro atoms. The maximum absolute atomic E-state index is 7.23. The van der Waals surface area contributed by atoms with Crippen molar-refractivity contribution in [1.82, 2.24) is 0 Å². The van der Waals surface area contributed by atoms with E-state index in [1.54, 1.807) is 0 Å². The van der Waals surface area contributed by atoms with Crippen LogP contribution < -0.4 is 4.90 Å². The van der Waals surface area contributed by atoms with Gasteiger partial charge in [-0.2, -0.15) is 0 Å². The van der Waals surface area contributed by atoms with Gasteiger partial charge >= 0.3 is 0 Å². The standard InChI is InChI=1S/C21H20ClN/c1-23(2)20-15-13-19(14-16-20)21(22,17-9-5-3-6-10-17)18-11-7-4-8-12-18/h3-16H,1-2H3. The second kappa shape index (κ2) is 6.47. The summed E-state index contributed by atoms with van der Waals surface area (Å²) < 4.78 is 0. The average molecular weight is 322 g/mol. The summed E-state index contributed by atoms with van der Waals surface area (Å²) in [6.45, 7) is 0. The third kappa shape index (κ3) is 2.97. The Kier molecular flexibility index (Phi) is 4.40. The Labute approximate surface area is 143 Å². The van der Waals surface area contributed by atoms with Gasteiger partial charge in [0.15, 0.2) is 0 Å². The maximum atomic E-state index is 7.23. The minimum absolute atomic E-state index is 0.687. The molecule has 0 bridgehead atoms. The molecule has 0 aliphatic heterocycles. The lowest BCUT2D eigenvalue weighted by Gasteiger charge is -2.29. The van der Waals surface area contributed by atoms with Crippen molar-refractivity contribution in [1.29, 1.82) is 0 Å². The second-order valence-corrected chi connectivity index (χ2v) is 6.40. The van der Waals surface area contributed by atoms with Crippen molar-refractivity contribution in [3.8, 4) is 0 Å². The summed E-state index contributed by atoms with van der Waals surface area (Å²) in [4.78, 5) is 1.40. The quantitative estimate of drug-likeness (QED) is 0.466. The van der Waals surface area contributed by atoms with E-state index in [1.165, 1.54) is 0 Å². The summed E-state index contributed by atoms with van der Waals surface area (Å²) in [5.41, 5.74) is 4.38. The molecule has 1 nitrogen and oxygen atoms in total. The Morgan fingerprint density at radius 1 is 0.609 bits per heavy atom. The average Bonchev–Trinajstić information content (AvgIpc) is 2.62. The van der Waals surface area contributed by atoms with E-state index in [9.17, 15) is 0 Å². The van der Waals surface area contributed by atoms with Gasteiger partial charge in [-0.3, -0.25) is 0 Å². The lowest BCUT2D eigenvalue weighted by atomic mass is 9.84. The van der Waals surface area contributed by atoms with Crippen molar-refractivity contribution in [2.45, 2.75) is 4.87 Å². The molecule has 0 fully saturated rings. The molecule has 0 aliphatic rings. The van der Waals surface area contributed by atoms with Crippen molar-refractivity contribution < 1.29 is 0 Å². The van der Waals surface area contributed by atoms with Crippen LogP contribution in [0.1, 0.15) is 16.7 Å². The maximum Gasteiger partial charge on any atom is 0.119 e. The van der Waals surface area contributed by atoms with Gasteiger partial charge in [-0.15, -0.1) is 11.6 Å². The summed E-state index contributed by atoms with van der Waals surface area (Å²) in [5, 5.41) is 0. The Bertz CT molecular complexity index is 709. The smallest absolute Gasteiger partial charge is 0.119 e. The molecule has 3 rings (SSSR count). The molecule has 0 heterocycles. The van der Waals surface area contributed by atoms with E-state index in [-0.39, 0.29) is 0 Å². The Hall–Kier alpha value is -2.25. The van der Waals surface area contributed by atoms with Crippen LogP contribution in [0.2, 0.25) is 0 Å². The first-order valence-corrected chi connectivity index (χ1v) is 8.08. The zero-order valence-corrected chi connectivity index (χ0v) is 14.2. The molecule has 116 valence electrons. The van der Waals surface area contributed by atoms with Crippen LogP contribution in [-0.2, 0) is 4.87 Å². The van der Waals surface area contributed by atoms with Crippen LogP contribution in [0.3, 0.4) is 0 Å². The summed E-state index contributed by atoms with van der Waals surface area (Å²) in [5.74, 6) is 0. The highest BCUT2D eigenvalue weighted by molar-refractivity contribution is 6.28. The van der Waals surface area contributed by atoms with E-state index < -0.39 is 4.87 Å². The fourth-order valence-electron chi connectivity index (χ4n) is 2.82. The lowest BCUT2D eigenvalue weighted by Crippen LogP contribution is -2.22. The summed E-state index contributed by atoms with van der Waals surface area (Å²) in [6, 6.07) is 28.9. The topological polar surface area (TPSA) is 3.24 Å². The van der Waals surface area contributed by atoms with E-state index in [1.807, 2.05) is 50.5 Å². The number of hydrogen-bond donors (Lipinski definition) is 0. The van der Waals surface area contributed by atoms with Gasteiger partial charge in [-0.05, 0) is 28.8 Å². The number of halogens is 1. The van der Waals surface area contributed by atoms with Crippen molar-refractivity contribution >= 4 is 17.3 Å². The highest BCUT2D eigenvalue weighted by Crippen LogP contribution is 2.43. The van der Waals surface area contributed by atoms with Crippen molar-refractivity contribution in [3.05, 3.63) is 102 Å². The molecule has 0 amide bonds. The van der Waals surface area contributed by atoms with E-state index >= 15 is 0 Å². The zero-order valence-electron chi connectivity index (χ0n) is 13.4. The van der Waals surface area contributed by atoms with Crippen LogP contribution >= 0.6 is 11.6 Å². The van der Waals surface area contributed by atoms with Gasteiger partial charge in [0.2, 0.25) is 0 Å². The lowest BCUT2D eigenvalue weighted by molar-refractivity contribution is 0.879. The minimum atomic E-state index is -0.687. The molecule has 0 aliphatic carbocycles. The van der Waals surface area contributed by atoms with Gasteiger partial charge in [-0.25, -0.2) is 0 Å². The molecule has 0 radical (unpaired) electrons. The summed E-state index contributed by atoms with van der Waals surface area (Å²) >= 11 is 7.23. The molecule has 0 saturated carbocycles. The number of hydrogen-bond acceptors (Lipinski definition) is 1. The number of anilines is 1. The normalized spacial score (nSPS) is 11.3. The molecular formula is C21H20ClN. The first-order chi connectivity index (χ1) is 11.1. The molecule has 0 unspecified atom stereocenters. The van der Waals surface area contributed by atoms with Crippen molar-refractivity contribution in [2.75, 3.05) is 19.0 Å². The Morgan fingerprint density at radius 3 is 1.39 bits per heavy atom.